The number of amides is 2. The van der Waals surface area contributed by atoms with E-state index in [0.29, 0.717) is 19.5 Å². The summed E-state index contributed by atoms with van der Waals surface area (Å²) in [6, 6.07) is 20.4. The Morgan fingerprint density at radius 1 is 0.939 bits per heavy atom. The minimum atomic E-state index is -0.652. The molecule has 3 aromatic rings. The highest BCUT2D eigenvalue weighted by molar-refractivity contribution is 5.88. The zero-order valence-electron chi connectivity index (χ0n) is 19.4. The van der Waals surface area contributed by atoms with E-state index in [9.17, 15) is 9.59 Å². The summed E-state index contributed by atoms with van der Waals surface area (Å²) in [7, 11) is 1.62. The second-order valence-electron chi connectivity index (χ2n) is 8.25. The van der Waals surface area contributed by atoms with Crippen LogP contribution in [0.5, 0.6) is 5.75 Å². The maximum Gasteiger partial charge on any atom is 0.243 e. The molecule has 0 saturated heterocycles. The molecule has 0 aliphatic carbocycles. The third kappa shape index (κ3) is 6.91. The van der Waals surface area contributed by atoms with Gasteiger partial charge in [-0.25, -0.2) is 0 Å². The van der Waals surface area contributed by atoms with Crippen molar-refractivity contribution >= 4 is 11.8 Å². The average molecular weight is 446 g/mol. The SMILES string of the molecule is COc1ccc(CN(C(=O)C(C)C)[C@@H](Cc2ccccc2)C(=O)NCc2cccnc2)cc1. The number of methoxy groups -OCH3 is 1. The molecule has 1 heterocycles. The first-order valence-electron chi connectivity index (χ1n) is 11.1. The molecule has 0 spiro atoms. The lowest BCUT2D eigenvalue weighted by Crippen LogP contribution is -2.51. The molecular formula is C27H31N3O3. The van der Waals surface area contributed by atoms with Crippen molar-refractivity contribution in [3.8, 4) is 5.75 Å². The van der Waals surface area contributed by atoms with E-state index in [-0.39, 0.29) is 17.7 Å². The molecule has 0 saturated carbocycles. The summed E-state index contributed by atoms with van der Waals surface area (Å²) in [5.74, 6) is 0.247. The van der Waals surface area contributed by atoms with Gasteiger partial charge in [0.25, 0.3) is 0 Å². The van der Waals surface area contributed by atoms with Crippen molar-refractivity contribution in [2.45, 2.75) is 39.4 Å². The number of hydrogen-bond acceptors (Lipinski definition) is 4. The van der Waals surface area contributed by atoms with Crippen molar-refractivity contribution in [1.29, 1.82) is 0 Å². The van der Waals surface area contributed by atoms with E-state index in [2.05, 4.69) is 10.3 Å². The van der Waals surface area contributed by atoms with Gasteiger partial charge in [-0.1, -0.05) is 62.4 Å². The molecule has 3 rings (SSSR count). The van der Waals surface area contributed by atoms with Crippen molar-refractivity contribution in [1.82, 2.24) is 15.2 Å². The van der Waals surface area contributed by atoms with Gasteiger partial charge in [-0.15, -0.1) is 0 Å². The number of hydrogen-bond donors (Lipinski definition) is 1. The minimum absolute atomic E-state index is 0.0664. The summed E-state index contributed by atoms with van der Waals surface area (Å²) >= 11 is 0. The molecule has 1 N–H and O–H groups in total. The van der Waals surface area contributed by atoms with E-state index >= 15 is 0 Å². The fourth-order valence-corrected chi connectivity index (χ4v) is 3.59. The second-order valence-corrected chi connectivity index (χ2v) is 8.25. The topological polar surface area (TPSA) is 71.5 Å². The van der Waals surface area contributed by atoms with Gasteiger partial charge in [0, 0.05) is 37.8 Å². The zero-order chi connectivity index (χ0) is 23.6. The highest BCUT2D eigenvalue weighted by atomic mass is 16.5. The Labute approximate surface area is 195 Å². The number of carbonyl (C=O) groups excluding carboxylic acids is 2. The molecule has 0 aliphatic rings. The molecule has 2 aromatic carbocycles. The fourth-order valence-electron chi connectivity index (χ4n) is 3.59. The van der Waals surface area contributed by atoms with E-state index in [0.717, 1.165) is 22.4 Å². The van der Waals surface area contributed by atoms with Crippen molar-refractivity contribution in [3.05, 3.63) is 95.8 Å². The Kier molecular flexibility index (Phi) is 8.58. The Morgan fingerprint density at radius 2 is 1.64 bits per heavy atom. The van der Waals surface area contributed by atoms with E-state index in [1.165, 1.54) is 0 Å². The quantitative estimate of drug-likeness (QED) is 0.512. The molecule has 0 fully saturated rings. The lowest BCUT2D eigenvalue weighted by atomic mass is 10.0. The Hall–Kier alpha value is -3.67. The van der Waals surface area contributed by atoms with Gasteiger partial charge >= 0.3 is 0 Å². The second kappa shape index (κ2) is 11.8. The summed E-state index contributed by atoms with van der Waals surface area (Å²) in [5.41, 5.74) is 2.83. The summed E-state index contributed by atoms with van der Waals surface area (Å²) in [6.45, 7) is 4.40. The van der Waals surface area contributed by atoms with E-state index in [1.54, 1.807) is 24.4 Å². The molecule has 6 heteroatoms. The zero-order valence-corrected chi connectivity index (χ0v) is 19.4. The normalized spacial score (nSPS) is 11.6. The largest absolute Gasteiger partial charge is 0.497 e. The van der Waals surface area contributed by atoms with Crippen molar-refractivity contribution < 1.29 is 14.3 Å². The molecule has 0 radical (unpaired) electrons. The van der Waals surface area contributed by atoms with Crippen LogP contribution < -0.4 is 10.1 Å². The summed E-state index contributed by atoms with van der Waals surface area (Å²) in [6.07, 6.45) is 3.84. The van der Waals surface area contributed by atoms with E-state index < -0.39 is 6.04 Å². The number of nitrogens with one attached hydrogen (secondary N) is 1. The van der Waals surface area contributed by atoms with Gasteiger partial charge in [0.15, 0.2) is 0 Å². The van der Waals surface area contributed by atoms with E-state index in [1.807, 2.05) is 80.6 Å². The van der Waals surface area contributed by atoms with Crippen LogP contribution in [0.15, 0.2) is 79.1 Å². The average Bonchev–Trinajstić information content (AvgIpc) is 2.85. The smallest absolute Gasteiger partial charge is 0.243 e. The van der Waals surface area contributed by atoms with Crippen LogP contribution in [0.4, 0.5) is 0 Å². The highest BCUT2D eigenvalue weighted by Gasteiger charge is 2.31. The Morgan fingerprint density at radius 3 is 2.24 bits per heavy atom. The molecule has 1 aromatic heterocycles. The molecule has 0 unspecified atom stereocenters. The molecule has 2 amide bonds. The number of ether oxygens (including phenoxy) is 1. The van der Waals surface area contributed by atoms with Crippen LogP contribution in [-0.4, -0.2) is 34.8 Å². The number of carbonyl (C=O) groups is 2. The maximum atomic E-state index is 13.4. The Balaban J connectivity index is 1.88. The highest BCUT2D eigenvalue weighted by Crippen LogP contribution is 2.19. The van der Waals surface area contributed by atoms with Gasteiger partial charge in [-0.05, 0) is 34.9 Å². The third-order valence-corrected chi connectivity index (χ3v) is 5.43. The van der Waals surface area contributed by atoms with Crippen LogP contribution in [0.1, 0.15) is 30.5 Å². The van der Waals surface area contributed by atoms with Crippen LogP contribution in [0.25, 0.3) is 0 Å². The molecule has 6 nitrogen and oxygen atoms in total. The van der Waals surface area contributed by atoms with Crippen LogP contribution in [-0.2, 0) is 29.1 Å². The summed E-state index contributed by atoms with van der Waals surface area (Å²) < 4.78 is 5.25. The number of nitrogens with zero attached hydrogens (tertiary/aromatic N) is 2. The van der Waals surface area contributed by atoms with Gasteiger partial charge < -0.3 is 15.0 Å². The summed E-state index contributed by atoms with van der Waals surface area (Å²) in [5, 5.41) is 3.00. The molecule has 33 heavy (non-hydrogen) atoms. The van der Waals surface area contributed by atoms with Gasteiger partial charge in [0.1, 0.15) is 11.8 Å². The van der Waals surface area contributed by atoms with Crippen LogP contribution in [0.2, 0.25) is 0 Å². The monoisotopic (exact) mass is 445 g/mol. The first-order chi connectivity index (χ1) is 16.0. The molecular weight excluding hydrogens is 414 g/mol. The Bertz CT molecular complexity index is 1020. The fraction of sp³-hybridized carbons (Fsp3) is 0.296. The van der Waals surface area contributed by atoms with Gasteiger partial charge in [0.05, 0.1) is 7.11 Å². The van der Waals surface area contributed by atoms with Crippen LogP contribution in [0.3, 0.4) is 0 Å². The molecule has 172 valence electrons. The van der Waals surface area contributed by atoms with Crippen molar-refractivity contribution in [2.75, 3.05) is 7.11 Å². The third-order valence-electron chi connectivity index (χ3n) is 5.43. The number of pyridine rings is 1. The number of aromatic nitrogens is 1. The van der Waals surface area contributed by atoms with Gasteiger partial charge in [0.2, 0.25) is 11.8 Å². The standard InChI is InChI=1S/C27H31N3O3/c1-20(2)27(32)30(19-22-11-13-24(33-3)14-12-22)25(16-21-8-5-4-6-9-21)26(31)29-18-23-10-7-15-28-17-23/h4-15,17,20,25H,16,18-19H2,1-3H3,(H,29,31)/t25-/m0/s1. The predicted molar refractivity (Wildman–Crippen MR) is 128 cm³/mol. The lowest BCUT2D eigenvalue weighted by molar-refractivity contribution is -0.143. The van der Waals surface area contributed by atoms with Crippen molar-refractivity contribution in [2.24, 2.45) is 5.92 Å². The molecule has 0 bridgehead atoms. The lowest BCUT2D eigenvalue weighted by Gasteiger charge is -2.33. The first kappa shape index (κ1) is 24.0. The minimum Gasteiger partial charge on any atom is -0.497 e. The predicted octanol–water partition coefficient (Wildman–Crippen LogP) is 4.00. The van der Waals surface area contributed by atoms with Crippen LogP contribution >= 0.6 is 0 Å². The van der Waals surface area contributed by atoms with Gasteiger partial charge in [-0.3, -0.25) is 14.6 Å². The van der Waals surface area contributed by atoms with E-state index in [4.69, 9.17) is 4.74 Å². The van der Waals surface area contributed by atoms with Crippen LogP contribution in [0, 0.1) is 5.92 Å². The number of rotatable bonds is 10. The maximum absolute atomic E-state index is 13.4. The number of benzene rings is 2. The molecule has 0 aliphatic heterocycles. The first-order valence-corrected chi connectivity index (χ1v) is 11.1. The van der Waals surface area contributed by atoms with Crippen molar-refractivity contribution in [3.63, 3.8) is 0 Å². The molecule has 1 atom stereocenters. The summed E-state index contributed by atoms with van der Waals surface area (Å²) in [4.78, 5) is 32.5. The van der Waals surface area contributed by atoms with Gasteiger partial charge in [-0.2, -0.15) is 0 Å².